The Bertz CT molecular complexity index is 1200. The van der Waals surface area contributed by atoms with E-state index in [2.05, 4.69) is 0 Å². The number of thiophene rings is 1. The highest BCUT2D eigenvalue weighted by Gasteiger charge is 2.49. The number of fused-ring (bicyclic) bond motifs is 1. The zero-order valence-electron chi connectivity index (χ0n) is 17.5. The molecule has 31 heavy (non-hydrogen) atoms. The van der Waals surface area contributed by atoms with Crippen molar-refractivity contribution in [2.75, 3.05) is 0 Å². The fourth-order valence-corrected chi connectivity index (χ4v) is 6.03. The van der Waals surface area contributed by atoms with E-state index in [9.17, 15) is 14.7 Å². The molecule has 1 aromatic heterocycles. The standard InChI is InChI=1S/C26H25NO3S/c1-16-13-14-31-25(16)22-21(24(29)26(30)27(22)20-9-3-2-4-10-20)23(28)19-12-11-17-7-5-6-8-18(17)15-19/h5-8,11-15,20,22,28H,2-4,9-10H2,1H3/b23-21-. The minimum atomic E-state index is -0.575. The van der Waals surface area contributed by atoms with Crippen LogP contribution in [0.25, 0.3) is 16.5 Å². The average molecular weight is 432 g/mol. The fourth-order valence-electron chi connectivity index (χ4n) is 5.00. The Morgan fingerprint density at radius 1 is 1.00 bits per heavy atom. The lowest BCUT2D eigenvalue weighted by Crippen LogP contribution is -2.40. The molecule has 158 valence electrons. The Morgan fingerprint density at radius 3 is 2.45 bits per heavy atom. The predicted molar refractivity (Wildman–Crippen MR) is 124 cm³/mol. The van der Waals surface area contributed by atoms with Crippen molar-refractivity contribution in [3.8, 4) is 0 Å². The third-order valence-corrected chi connectivity index (χ3v) is 7.69. The number of aryl methyl sites for hydroxylation is 1. The number of benzene rings is 2. The normalized spacial score (nSPS) is 21.8. The van der Waals surface area contributed by atoms with Crippen LogP contribution in [0, 0.1) is 6.92 Å². The van der Waals surface area contributed by atoms with Crippen LogP contribution in [0.5, 0.6) is 0 Å². The van der Waals surface area contributed by atoms with Gasteiger partial charge in [0.1, 0.15) is 11.8 Å². The number of Topliss-reactive ketones (excluding diaryl/α,β-unsaturated/α-hetero) is 1. The molecule has 2 fully saturated rings. The summed E-state index contributed by atoms with van der Waals surface area (Å²) in [7, 11) is 0. The molecule has 2 heterocycles. The molecule has 1 N–H and O–H groups in total. The third kappa shape index (κ3) is 3.37. The molecule has 2 aromatic carbocycles. The van der Waals surface area contributed by atoms with Crippen LogP contribution < -0.4 is 0 Å². The molecule has 0 spiro atoms. The number of hydrogen-bond donors (Lipinski definition) is 1. The molecule has 1 amide bonds. The van der Waals surface area contributed by atoms with Crippen LogP contribution in [0.15, 0.2) is 59.5 Å². The van der Waals surface area contributed by atoms with Gasteiger partial charge in [0.05, 0.1) is 5.57 Å². The molecule has 0 radical (unpaired) electrons. The summed E-state index contributed by atoms with van der Waals surface area (Å²) in [6, 6.07) is 15.1. The molecule has 5 rings (SSSR count). The van der Waals surface area contributed by atoms with Crippen molar-refractivity contribution in [1.82, 2.24) is 4.90 Å². The summed E-state index contributed by atoms with van der Waals surface area (Å²) in [5, 5.41) is 15.4. The van der Waals surface area contributed by atoms with E-state index in [1.54, 1.807) is 16.2 Å². The van der Waals surface area contributed by atoms with Crippen LogP contribution in [-0.4, -0.2) is 27.7 Å². The summed E-state index contributed by atoms with van der Waals surface area (Å²) >= 11 is 1.55. The van der Waals surface area contributed by atoms with Gasteiger partial charge >= 0.3 is 0 Å². The number of likely N-dealkylation sites (tertiary alicyclic amines) is 1. The van der Waals surface area contributed by atoms with Crippen molar-refractivity contribution in [2.45, 2.75) is 51.1 Å². The Morgan fingerprint density at radius 2 is 1.74 bits per heavy atom. The minimum Gasteiger partial charge on any atom is -0.507 e. The Kier molecular flexibility index (Phi) is 5.14. The van der Waals surface area contributed by atoms with E-state index in [-0.39, 0.29) is 17.4 Å². The molecular weight excluding hydrogens is 406 g/mol. The zero-order chi connectivity index (χ0) is 21.5. The topological polar surface area (TPSA) is 57.6 Å². The van der Waals surface area contributed by atoms with Gasteiger partial charge in [-0.2, -0.15) is 0 Å². The molecule has 2 aliphatic rings. The van der Waals surface area contributed by atoms with Crippen LogP contribution >= 0.6 is 11.3 Å². The number of carbonyl (C=O) groups excluding carboxylic acids is 2. The minimum absolute atomic E-state index is 0.0404. The largest absolute Gasteiger partial charge is 0.507 e. The van der Waals surface area contributed by atoms with E-state index in [0.29, 0.717) is 5.56 Å². The van der Waals surface area contributed by atoms with E-state index in [0.717, 1.165) is 46.9 Å². The molecule has 1 aliphatic heterocycles. The highest BCUT2D eigenvalue weighted by molar-refractivity contribution is 7.10. The van der Waals surface area contributed by atoms with Crippen molar-refractivity contribution in [1.29, 1.82) is 0 Å². The zero-order valence-corrected chi connectivity index (χ0v) is 18.3. The number of rotatable bonds is 3. The summed E-state index contributed by atoms with van der Waals surface area (Å²) in [6.07, 6.45) is 5.11. The lowest BCUT2D eigenvalue weighted by molar-refractivity contribution is -0.141. The molecule has 1 aliphatic carbocycles. The first-order valence-electron chi connectivity index (χ1n) is 10.9. The van der Waals surface area contributed by atoms with E-state index < -0.39 is 17.7 Å². The third-order valence-electron chi connectivity index (χ3n) is 6.62. The maximum Gasteiger partial charge on any atom is 0.295 e. The van der Waals surface area contributed by atoms with Crippen LogP contribution in [0.1, 0.15) is 54.1 Å². The van der Waals surface area contributed by atoms with Crippen molar-refractivity contribution in [3.63, 3.8) is 0 Å². The summed E-state index contributed by atoms with van der Waals surface area (Å²) in [5.74, 6) is -1.14. The first-order valence-corrected chi connectivity index (χ1v) is 11.8. The first-order chi connectivity index (χ1) is 15.1. The van der Waals surface area contributed by atoms with Gasteiger partial charge < -0.3 is 10.0 Å². The molecule has 5 heteroatoms. The van der Waals surface area contributed by atoms with Crippen molar-refractivity contribution >= 4 is 39.6 Å². The molecular formula is C26H25NO3S. The van der Waals surface area contributed by atoms with Crippen molar-refractivity contribution in [3.05, 3.63) is 75.5 Å². The van der Waals surface area contributed by atoms with Crippen LogP contribution in [0.2, 0.25) is 0 Å². The molecule has 1 saturated heterocycles. The van der Waals surface area contributed by atoms with E-state index in [1.165, 1.54) is 6.42 Å². The number of aliphatic hydroxyl groups excluding tert-OH is 1. The summed E-state index contributed by atoms with van der Waals surface area (Å²) in [6.45, 7) is 2.00. The summed E-state index contributed by atoms with van der Waals surface area (Å²) in [4.78, 5) is 29.2. The second-order valence-corrected chi connectivity index (χ2v) is 9.48. The smallest absolute Gasteiger partial charge is 0.295 e. The number of nitrogens with zero attached hydrogens (tertiary/aromatic N) is 1. The highest BCUT2D eigenvalue weighted by Crippen LogP contribution is 2.45. The van der Waals surface area contributed by atoms with E-state index in [1.807, 2.05) is 60.8 Å². The monoisotopic (exact) mass is 431 g/mol. The second kappa shape index (κ2) is 7.97. The van der Waals surface area contributed by atoms with Crippen molar-refractivity contribution < 1.29 is 14.7 Å². The number of aliphatic hydroxyl groups is 1. The van der Waals surface area contributed by atoms with Gasteiger partial charge in [0.15, 0.2) is 0 Å². The number of ketones is 1. The fraction of sp³-hybridized carbons (Fsp3) is 0.308. The average Bonchev–Trinajstić information content (AvgIpc) is 3.34. The van der Waals surface area contributed by atoms with Gasteiger partial charge in [-0.3, -0.25) is 9.59 Å². The molecule has 1 unspecified atom stereocenters. The maximum absolute atomic E-state index is 13.2. The SMILES string of the molecule is Cc1ccsc1C1/C(=C(/O)c2ccc3ccccc3c2)C(=O)C(=O)N1C1CCCCC1. The van der Waals surface area contributed by atoms with Gasteiger partial charge in [-0.1, -0.05) is 55.7 Å². The van der Waals surface area contributed by atoms with Crippen LogP contribution in [0.4, 0.5) is 0 Å². The molecule has 3 aromatic rings. The Balaban J connectivity index is 1.68. The number of hydrogen-bond acceptors (Lipinski definition) is 4. The van der Waals surface area contributed by atoms with E-state index in [4.69, 9.17) is 0 Å². The van der Waals surface area contributed by atoms with Gasteiger partial charge in [-0.05, 0) is 53.6 Å². The molecule has 0 bridgehead atoms. The quantitative estimate of drug-likeness (QED) is 0.316. The Hall–Kier alpha value is -2.92. The van der Waals surface area contributed by atoms with Gasteiger partial charge in [0.25, 0.3) is 11.7 Å². The highest BCUT2D eigenvalue weighted by atomic mass is 32.1. The van der Waals surface area contributed by atoms with Gasteiger partial charge in [-0.25, -0.2) is 0 Å². The molecule has 1 atom stereocenters. The first kappa shape index (κ1) is 20.0. The van der Waals surface area contributed by atoms with Gasteiger partial charge in [-0.15, -0.1) is 11.3 Å². The van der Waals surface area contributed by atoms with Gasteiger partial charge in [0.2, 0.25) is 0 Å². The predicted octanol–water partition coefficient (Wildman–Crippen LogP) is 5.96. The molecule has 4 nitrogen and oxygen atoms in total. The Labute approximate surface area is 185 Å². The maximum atomic E-state index is 13.2. The summed E-state index contributed by atoms with van der Waals surface area (Å²) in [5.41, 5.74) is 1.83. The van der Waals surface area contributed by atoms with Crippen molar-refractivity contribution in [2.24, 2.45) is 0 Å². The lowest BCUT2D eigenvalue weighted by atomic mass is 9.92. The van der Waals surface area contributed by atoms with Gasteiger partial charge in [0, 0.05) is 16.5 Å². The summed E-state index contributed by atoms with van der Waals surface area (Å²) < 4.78 is 0. The lowest BCUT2D eigenvalue weighted by Gasteiger charge is -2.35. The number of carbonyl (C=O) groups is 2. The van der Waals surface area contributed by atoms with Crippen LogP contribution in [-0.2, 0) is 9.59 Å². The second-order valence-electron chi connectivity index (χ2n) is 8.53. The van der Waals surface area contributed by atoms with Crippen LogP contribution in [0.3, 0.4) is 0 Å². The molecule has 1 saturated carbocycles. The van der Waals surface area contributed by atoms with E-state index >= 15 is 0 Å². The number of amides is 1.